The molecule has 9 aromatic carbocycles. The molecule has 3 aliphatic carbocycles. The Morgan fingerprint density at radius 1 is 0.381 bits per heavy atom. The SMILES string of the molecule is CC1(C)c2cc(-c3ccccc3)ccc2N(c2ccc(-c3ccc4c(c3)C3(C5=C(C=CCC5)c5ccccc53)c3ccccc3-4)c3ccccc23)c2ccc(-c3ccccc3)cc21. The molecule has 1 spiro atoms. The molecule has 4 aliphatic rings. The van der Waals surface area contributed by atoms with Gasteiger partial charge in [0.15, 0.2) is 0 Å². The summed E-state index contributed by atoms with van der Waals surface area (Å²) in [5.41, 5.74) is 24.4. The molecule has 0 amide bonds. The van der Waals surface area contributed by atoms with Crippen LogP contribution in [0.5, 0.6) is 0 Å². The van der Waals surface area contributed by atoms with E-state index in [1.165, 1.54) is 111 Å². The van der Waals surface area contributed by atoms with Crippen molar-refractivity contribution in [3.63, 3.8) is 0 Å². The smallest absolute Gasteiger partial charge is 0.0688 e. The summed E-state index contributed by atoms with van der Waals surface area (Å²) in [7, 11) is 0. The maximum atomic E-state index is 2.55. The average molecular weight is 804 g/mol. The van der Waals surface area contributed by atoms with Gasteiger partial charge in [-0.3, -0.25) is 0 Å². The molecule has 13 rings (SSSR count). The Hall–Kier alpha value is -7.48. The van der Waals surface area contributed by atoms with E-state index in [4.69, 9.17) is 0 Å². The molecule has 0 aromatic heterocycles. The summed E-state index contributed by atoms with van der Waals surface area (Å²) in [6.07, 6.45) is 6.89. The van der Waals surface area contributed by atoms with Crippen LogP contribution in [0.4, 0.5) is 17.1 Å². The summed E-state index contributed by atoms with van der Waals surface area (Å²) in [6.45, 7) is 4.80. The van der Waals surface area contributed by atoms with E-state index in [2.05, 4.69) is 231 Å². The Kier molecular flexibility index (Phi) is 7.76. The molecular formula is C62H45N. The van der Waals surface area contributed by atoms with Crippen LogP contribution in [0.2, 0.25) is 0 Å². The fraction of sp³-hybridized carbons (Fsp3) is 0.0968. The Balaban J connectivity index is 1.02. The summed E-state index contributed by atoms with van der Waals surface area (Å²) >= 11 is 0. The number of rotatable bonds is 4. The van der Waals surface area contributed by atoms with Crippen molar-refractivity contribution in [3.8, 4) is 44.5 Å². The van der Waals surface area contributed by atoms with Gasteiger partial charge in [-0.1, -0.05) is 190 Å². The minimum Gasteiger partial charge on any atom is -0.309 e. The molecule has 1 atom stereocenters. The first-order valence-corrected chi connectivity index (χ1v) is 22.5. The van der Waals surface area contributed by atoms with Gasteiger partial charge >= 0.3 is 0 Å². The zero-order valence-electron chi connectivity index (χ0n) is 35.6. The summed E-state index contributed by atoms with van der Waals surface area (Å²) in [4.78, 5) is 2.54. The minimum atomic E-state index is -0.306. The fourth-order valence-electron chi connectivity index (χ4n) is 11.9. The topological polar surface area (TPSA) is 3.24 Å². The largest absolute Gasteiger partial charge is 0.309 e. The van der Waals surface area contributed by atoms with Crippen LogP contribution < -0.4 is 4.90 Å². The number of anilines is 3. The Bertz CT molecular complexity index is 3330. The maximum absolute atomic E-state index is 2.55. The molecular weight excluding hydrogens is 759 g/mol. The highest BCUT2D eigenvalue weighted by Crippen LogP contribution is 2.64. The van der Waals surface area contributed by atoms with Gasteiger partial charge in [0.1, 0.15) is 0 Å². The molecule has 1 nitrogen and oxygen atoms in total. The Labute approximate surface area is 370 Å². The summed E-state index contributed by atoms with van der Waals surface area (Å²) < 4.78 is 0. The molecule has 1 unspecified atom stereocenters. The lowest BCUT2D eigenvalue weighted by molar-refractivity contribution is 0.632. The summed E-state index contributed by atoms with van der Waals surface area (Å²) in [5.74, 6) is 0. The van der Waals surface area contributed by atoms with Crippen molar-refractivity contribution in [2.24, 2.45) is 0 Å². The predicted molar refractivity (Wildman–Crippen MR) is 264 cm³/mol. The average Bonchev–Trinajstić information content (AvgIpc) is 3.81. The molecule has 0 saturated heterocycles. The van der Waals surface area contributed by atoms with Gasteiger partial charge in [0.05, 0.1) is 22.5 Å². The molecule has 298 valence electrons. The van der Waals surface area contributed by atoms with Gasteiger partial charge in [0.2, 0.25) is 0 Å². The molecule has 0 saturated carbocycles. The molecule has 1 aliphatic heterocycles. The predicted octanol–water partition coefficient (Wildman–Crippen LogP) is 16.4. The van der Waals surface area contributed by atoms with Crippen LogP contribution in [0.1, 0.15) is 60.1 Å². The van der Waals surface area contributed by atoms with Gasteiger partial charge in [-0.05, 0) is 144 Å². The van der Waals surface area contributed by atoms with E-state index in [1.807, 2.05) is 0 Å². The molecule has 0 bridgehead atoms. The van der Waals surface area contributed by atoms with Crippen molar-refractivity contribution in [1.82, 2.24) is 0 Å². The summed E-state index contributed by atoms with van der Waals surface area (Å²) in [5, 5.41) is 2.49. The van der Waals surface area contributed by atoms with Crippen LogP contribution in [0.15, 0.2) is 218 Å². The number of fused-ring (bicyclic) bond motifs is 12. The number of hydrogen-bond acceptors (Lipinski definition) is 1. The first-order valence-electron chi connectivity index (χ1n) is 22.5. The highest BCUT2D eigenvalue weighted by molar-refractivity contribution is 6.08. The monoisotopic (exact) mass is 803 g/mol. The van der Waals surface area contributed by atoms with Crippen LogP contribution in [0, 0.1) is 0 Å². The van der Waals surface area contributed by atoms with Crippen LogP contribution in [0.25, 0.3) is 60.9 Å². The number of allylic oxidation sites excluding steroid dienone is 4. The van der Waals surface area contributed by atoms with Crippen molar-refractivity contribution in [3.05, 3.63) is 251 Å². The quantitative estimate of drug-likeness (QED) is 0.171. The highest BCUT2D eigenvalue weighted by atomic mass is 15.2. The third kappa shape index (κ3) is 5.05. The summed E-state index contributed by atoms with van der Waals surface area (Å²) in [6, 6.07) is 75.3. The van der Waals surface area contributed by atoms with E-state index in [0.717, 1.165) is 12.8 Å². The fourth-order valence-corrected chi connectivity index (χ4v) is 11.9. The van der Waals surface area contributed by atoms with E-state index < -0.39 is 0 Å². The van der Waals surface area contributed by atoms with Crippen LogP contribution >= 0.6 is 0 Å². The highest BCUT2D eigenvalue weighted by Gasteiger charge is 2.52. The van der Waals surface area contributed by atoms with E-state index in [9.17, 15) is 0 Å². The second kappa shape index (κ2) is 13.5. The Morgan fingerprint density at radius 3 is 1.57 bits per heavy atom. The molecule has 0 radical (unpaired) electrons. The van der Waals surface area contributed by atoms with Gasteiger partial charge in [0.25, 0.3) is 0 Å². The third-order valence-electron chi connectivity index (χ3n) is 14.8. The van der Waals surface area contributed by atoms with E-state index >= 15 is 0 Å². The zero-order chi connectivity index (χ0) is 41.9. The van der Waals surface area contributed by atoms with E-state index in [0.29, 0.717) is 0 Å². The van der Waals surface area contributed by atoms with Crippen molar-refractivity contribution < 1.29 is 0 Å². The second-order valence-corrected chi connectivity index (χ2v) is 18.3. The Morgan fingerprint density at radius 2 is 0.889 bits per heavy atom. The lowest BCUT2D eigenvalue weighted by atomic mass is 9.68. The standard InChI is InChI=1S/C62H45N/c1-61(2)56-37-42(40-17-5-3-6-18-40)30-34-59(56)63(60-35-31-43(38-57(60)61)41-19-7-4-8-20-41)58-36-33-45(46-21-9-10-25-51(46)58)44-29-32-50-49-24-13-16-28-54(49)62(55(50)39-44)52-26-14-11-22-47(52)48-23-12-15-27-53(48)62/h3-14,16-26,28-39H,15,27H2,1-2H3. The van der Waals surface area contributed by atoms with Crippen LogP contribution in [0.3, 0.4) is 0 Å². The molecule has 9 aromatic rings. The van der Waals surface area contributed by atoms with Crippen LogP contribution in [-0.4, -0.2) is 0 Å². The third-order valence-corrected chi connectivity index (χ3v) is 14.8. The number of benzene rings is 9. The van der Waals surface area contributed by atoms with Crippen molar-refractivity contribution in [1.29, 1.82) is 0 Å². The van der Waals surface area contributed by atoms with Gasteiger partial charge in [-0.25, -0.2) is 0 Å². The second-order valence-electron chi connectivity index (χ2n) is 18.3. The molecule has 0 fully saturated rings. The van der Waals surface area contributed by atoms with Gasteiger partial charge < -0.3 is 4.90 Å². The normalized spacial score (nSPS) is 17.3. The molecule has 1 heteroatoms. The first kappa shape index (κ1) is 36.2. The lowest BCUT2D eigenvalue weighted by Crippen LogP contribution is -2.31. The van der Waals surface area contributed by atoms with Gasteiger partial charge in [-0.15, -0.1) is 0 Å². The zero-order valence-corrected chi connectivity index (χ0v) is 35.6. The molecule has 1 heterocycles. The first-order chi connectivity index (χ1) is 31.0. The number of nitrogens with zero attached hydrogens (tertiary/aromatic N) is 1. The van der Waals surface area contributed by atoms with Crippen molar-refractivity contribution in [2.45, 2.75) is 37.5 Å². The van der Waals surface area contributed by atoms with E-state index in [-0.39, 0.29) is 10.8 Å². The van der Waals surface area contributed by atoms with Crippen molar-refractivity contribution in [2.75, 3.05) is 4.90 Å². The van der Waals surface area contributed by atoms with Gasteiger partial charge in [0, 0.05) is 10.8 Å². The van der Waals surface area contributed by atoms with Crippen molar-refractivity contribution >= 4 is 33.4 Å². The van der Waals surface area contributed by atoms with Gasteiger partial charge in [-0.2, -0.15) is 0 Å². The molecule has 63 heavy (non-hydrogen) atoms. The minimum absolute atomic E-state index is 0.257. The maximum Gasteiger partial charge on any atom is 0.0688 e. The van der Waals surface area contributed by atoms with Crippen LogP contribution in [-0.2, 0) is 10.8 Å². The van der Waals surface area contributed by atoms with E-state index in [1.54, 1.807) is 5.57 Å². The lowest BCUT2D eigenvalue weighted by Gasteiger charge is -2.43. The molecule has 0 N–H and O–H groups in total. The number of hydrogen-bond donors (Lipinski definition) is 0.